The predicted octanol–water partition coefficient (Wildman–Crippen LogP) is 9.11. The van der Waals surface area contributed by atoms with Gasteiger partial charge in [-0.1, -0.05) is 90.9 Å². The summed E-state index contributed by atoms with van der Waals surface area (Å²) in [5.41, 5.74) is -0.164. The van der Waals surface area contributed by atoms with Crippen molar-refractivity contribution in [2.45, 2.75) is 142 Å². The van der Waals surface area contributed by atoms with Gasteiger partial charge >= 0.3 is 5.97 Å². The van der Waals surface area contributed by atoms with E-state index in [0.717, 1.165) is 48.9 Å². The average molecular weight is 447 g/mol. The first-order valence-electron chi connectivity index (χ1n) is 14.7. The predicted molar refractivity (Wildman–Crippen MR) is 136 cm³/mol. The van der Waals surface area contributed by atoms with Crippen molar-refractivity contribution in [3.63, 3.8) is 0 Å². The molecule has 3 aliphatic rings. The van der Waals surface area contributed by atoms with Crippen molar-refractivity contribution in [1.82, 2.24) is 0 Å². The maximum atomic E-state index is 12.9. The number of rotatable bonds is 11. The zero-order chi connectivity index (χ0) is 22.8. The van der Waals surface area contributed by atoms with Gasteiger partial charge in [-0.25, -0.2) is 0 Å². The summed E-state index contributed by atoms with van der Waals surface area (Å²) >= 11 is 0. The van der Waals surface area contributed by atoms with Crippen molar-refractivity contribution in [2.75, 3.05) is 7.11 Å². The van der Waals surface area contributed by atoms with Crippen molar-refractivity contribution >= 4 is 5.97 Å². The Bertz CT molecular complexity index is 517. The highest BCUT2D eigenvalue weighted by Gasteiger charge is 2.44. The summed E-state index contributed by atoms with van der Waals surface area (Å²) in [6.45, 7) is 4.63. The number of hydrogen-bond donors (Lipinski definition) is 0. The zero-order valence-electron chi connectivity index (χ0n) is 21.8. The molecule has 2 heteroatoms. The summed E-state index contributed by atoms with van der Waals surface area (Å²) in [5.74, 6) is 4.74. The van der Waals surface area contributed by atoms with Crippen LogP contribution in [0.4, 0.5) is 0 Å². The lowest BCUT2D eigenvalue weighted by Gasteiger charge is -2.43. The molecule has 0 aliphatic heterocycles. The third kappa shape index (κ3) is 7.23. The zero-order valence-corrected chi connectivity index (χ0v) is 21.8. The molecule has 0 aromatic heterocycles. The van der Waals surface area contributed by atoms with Crippen LogP contribution < -0.4 is 0 Å². The summed E-state index contributed by atoms with van der Waals surface area (Å²) in [4.78, 5) is 12.9. The second kappa shape index (κ2) is 13.4. The van der Waals surface area contributed by atoms with E-state index >= 15 is 0 Å². The van der Waals surface area contributed by atoms with E-state index in [0.29, 0.717) is 0 Å². The van der Waals surface area contributed by atoms with Gasteiger partial charge < -0.3 is 4.74 Å². The molecular weight excluding hydrogens is 392 g/mol. The molecule has 0 amide bonds. The quantitative estimate of drug-likeness (QED) is 0.233. The molecule has 0 heterocycles. The fourth-order valence-electron chi connectivity index (χ4n) is 7.77. The van der Waals surface area contributed by atoms with Crippen molar-refractivity contribution in [3.8, 4) is 0 Å². The molecule has 3 fully saturated rings. The normalized spacial score (nSPS) is 36.0. The van der Waals surface area contributed by atoms with E-state index in [1.54, 1.807) is 7.11 Å². The lowest BCUT2D eigenvalue weighted by molar-refractivity contribution is -0.157. The molecule has 3 aliphatic carbocycles. The fourth-order valence-corrected chi connectivity index (χ4v) is 7.77. The molecule has 0 bridgehead atoms. The summed E-state index contributed by atoms with van der Waals surface area (Å²) in [6.07, 6.45) is 26.9. The largest absolute Gasteiger partial charge is 0.469 e. The molecule has 0 unspecified atom stereocenters. The number of hydrogen-bond acceptors (Lipinski definition) is 2. The number of carbonyl (C=O) groups is 1. The van der Waals surface area contributed by atoms with Crippen LogP contribution in [0.25, 0.3) is 0 Å². The number of methoxy groups -OCH3 is 1. The molecule has 0 radical (unpaired) electrons. The minimum atomic E-state index is -0.164. The molecule has 0 spiro atoms. The lowest BCUT2D eigenvalue weighted by Crippen LogP contribution is -2.39. The molecule has 0 aromatic carbocycles. The Morgan fingerprint density at radius 1 is 0.688 bits per heavy atom. The van der Waals surface area contributed by atoms with Gasteiger partial charge in [-0.15, -0.1) is 0 Å². The van der Waals surface area contributed by atoms with Crippen LogP contribution in [0.5, 0.6) is 0 Å². The Labute approximate surface area is 200 Å². The van der Waals surface area contributed by atoms with Crippen LogP contribution in [0.1, 0.15) is 142 Å². The SMILES string of the molecule is CCCCCC1CCC(C2CCC(CCC3CCC(CCC)CC3)(C(=O)OC)CC2)CC1. The van der Waals surface area contributed by atoms with E-state index in [9.17, 15) is 4.79 Å². The van der Waals surface area contributed by atoms with Gasteiger partial charge in [0, 0.05) is 0 Å². The minimum Gasteiger partial charge on any atom is -0.469 e. The van der Waals surface area contributed by atoms with Crippen molar-refractivity contribution in [2.24, 2.45) is 35.0 Å². The second-order valence-corrected chi connectivity index (χ2v) is 12.1. The Kier molecular flexibility index (Phi) is 10.9. The molecule has 0 saturated heterocycles. The monoisotopic (exact) mass is 446 g/mol. The van der Waals surface area contributed by atoms with Gasteiger partial charge in [0.25, 0.3) is 0 Å². The lowest BCUT2D eigenvalue weighted by atomic mass is 9.62. The van der Waals surface area contributed by atoms with Crippen LogP contribution in [0.3, 0.4) is 0 Å². The van der Waals surface area contributed by atoms with Gasteiger partial charge in [0.2, 0.25) is 0 Å². The van der Waals surface area contributed by atoms with Crippen LogP contribution in [0.15, 0.2) is 0 Å². The Hall–Kier alpha value is -0.530. The molecular formula is C30H54O2. The van der Waals surface area contributed by atoms with Crippen LogP contribution in [-0.4, -0.2) is 13.1 Å². The van der Waals surface area contributed by atoms with E-state index in [1.807, 2.05) is 0 Å². The molecule has 2 nitrogen and oxygen atoms in total. The Morgan fingerprint density at radius 2 is 1.22 bits per heavy atom. The summed E-state index contributed by atoms with van der Waals surface area (Å²) in [7, 11) is 1.62. The smallest absolute Gasteiger partial charge is 0.311 e. The van der Waals surface area contributed by atoms with Gasteiger partial charge in [-0.3, -0.25) is 4.79 Å². The summed E-state index contributed by atoms with van der Waals surface area (Å²) in [6, 6.07) is 0. The molecule has 0 N–H and O–H groups in total. The summed E-state index contributed by atoms with van der Waals surface area (Å²) in [5, 5.41) is 0. The van der Waals surface area contributed by atoms with Gasteiger partial charge in [0.05, 0.1) is 12.5 Å². The van der Waals surface area contributed by atoms with Gasteiger partial charge in [-0.05, 0) is 81.0 Å². The van der Waals surface area contributed by atoms with Crippen LogP contribution in [0, 0.1) is 35.0 Å². The van der Waals surface area contributed by atoms with Crippen molar-refractivity contribution in [3.05, 3.63) is 0 Å². The number of esters is 1. The molecule has 3 rings (SSSR count). The van der Waals surface area contributed by atoms with Gasteiger partial charge in [0.15, 0.2) is 0 Å². The fraction of sp³-hybridized carbons (Fsp3) is 0.967. The number of carbonyl (C=O) groups excluding carboxylic acids is 1. The van der Waals surface area contributed by atoms with E-state index in [-0.39, 0.29) is 11.4 Å². The Morgan fingerprint density at radius 3 is 1.78 bits per heavy atom. The van der Waals surface area contributed by atoms with Crippen LogP contribution in [-0.2, 0) is 9.53 Å². The molecule has 0 aromatic rings. The van der Waals surface area contributed by atoms with E-state index in [1.165, 1.54) is 109 Å². The number of unbranched alkanes of at least 4 members (excludes halogenated alkanes) is 2. The van der Waals surface area contributed by atoms with Gasteiger partial charge in [0.1, 0.15) is 0 Å². The first-order chi connectivity index (χ1) is 15.6. The average Bonchev–Trinajstić information content (AvgIpc) is 2.84. The molecule has 0 atom stereocenters. The maximum absolute atomic E-state index is 12.9. The van der Waals surface area contributed by atoms with E-state index < -0.39 is 0 Å². The molecule has 3 saturated carbocycles. The second-order valence-electron chi connectivity index (χ2n) is 12.1. The van der Waals surface area contributed by atoms with Gasteiger partial charge in [-0.2, -0.15) is 0 Å². The van der Waals surface area contributed by atoms with Crippen molar-refractivity contribution in [1.29, 1.82) is 0 Å². The van der Waals surface area contributed by atoms with Crippen LogP contribution in [0.2, 0.25) is 0 Å². The highest BCUT2D eigenvalue weighted by atomic mass is 16.5. The first-order valence-corrected chi connectivity index (χ1v) is 14.7. The minimum absolute atomic E-state index is 0.107. The first kappa shape index (κ1) is 26.1. The number of ether oxygens (including phenoxy) is 1. The third-order valence-electron chi connectivity index (χ3n) is 10.1. The van der Waals surface area contributed by atoms with E-state index in [4.69, 9.17) is 4.74 Å². The molecule has 32 heavy (non-hydrogen) atoms. The standard InChI is InChI=1S/C30H54O2/c1-4-6-7-9-25-14-16-27(17-15-25)28-19-22-30(23-20-28,29(31)32-3)21-18-26-12-10-24(8-5-2)11-13-26/h24-28H,4-23H2,1-3H3. The molecule has 186 valence electrons. The highest BCUT2D eigenvalue weighted by Crippen LogP contribution is 2.49. The third-order valence-corrected chi connectivity index (χ3v) is 10.1. The van der Waals surface area contributed by atoms with Crippen LogP contribution >= 0.6 is 0 Å². The topological polar surface area (TPSA) is 26.3 Å². The Balaban J connectivity index is 1.43. The highest BCUT2D eigenvalue weighted by molar-refractivity contribution is 5.76. The van der Waals surface area contributed by atoms with Crippen molar-refractivity contribution < 1.29 is 9.53 Å². The summed E-state index contributed by atoms with van der Waals surface area (Å²) < 4.78 is 5.38. The maximum Gasteiger partial charge on any atom is 0.311 e. The van der Waals surface area contributed by atoms with E-state index in [2.05, 4.69) is 13.8 Å².